The van der Waals surface area contributed by atoms with Crippen LogP contribution in [0.25, 0.3) is 0 Å². The third-order valence-corrected chi connectivity index (χ3v) is 5.30. The summed E-state index contributed by atoms with van der Waals surface area (Å²) in [5.41, 5.74) is 6.06. The Bertz CT molecular complexity index is 660. The van der Waals surface area contributed by atoms with Crippen LogP contribution >= 0.6 is 0 Å². The van der Waals surface area contributed by atoms with Crippen LogP contribution < -0.4 is 10.5 Å². The van der Waals surface area contributed by atoms with E-state index in [0.717, 1.165) is 0 Å². The van der Waals surface area contributed by atoms with Crippen molar-refractivity contribution in [2.75, 3.05) is 98.2 Å². The van der Waals surface area contributed by atoms with Gasteiger partial charge in [0, 0.05) is 12.2 Å². The number of ether oxygens (including phenoxy) is 6. The minimum absolute atomic E-state index is 0.0144. The van der Waals surface area contributed by atoms with Crippen molar-refractivity contribution in [3.05, 3.63) is 24.3 Å². The molecule has 0 bridgehead atoms. The summed E-state index contributed by atoms with van der Waals surface area (Å²) in [6.45, 7) is 5.20. The molecule has 1 aromatic carbocycles. The Morgan fingerprint density at radius 2 is 1.03 bits per heavy atom. The van der Waals surface area contributed by atoms with E-state index in [9.17, 15) is 8.42 Å². The molecule has 0 aliphatic rings. The van der Waals surface area contributed by atoms with Crippen molar-refractivity contribution < 1.29 is 41.9 Å². The molecule has 0 aliphatic heterocycles. The highest BCUT2D eigenvalue weighted by Crippen LogP contribution is 2.10. The summed E-state index contributed by atoms with van der Waals surface area (Å²) in [5.74, 6) is 0. The van der Waals surface area contributed by atoms with Crippen molar-refractivity contribution in [3.63, 3.8) is 0 Å². The van der Waals surface area contributed by atoms with E-state index in [4.69, 9.17) is 39.3 Å². The minimum atomic E-state index is -3.56. The first kappa shape index (κ1) is 28.7. The number of aliphatic hydroxyl groups excluding tert-OH is 1. The minimum Gasteiger partial charge on any atom is -0.399 e. The maximum absolute atomic E-state index is 12.1. The number of hydrogen-bond acceptors (Lipinski definition) is 10. The number of hydrogen-bond donors (Lipinski definition) is 3. The van der Waals surface area contributed by atoms with Crippen LogP contribution in [-0.4, -0.2) is 106 Å². The molecule has 0 fully saturated rings. The molecule has 11 nitrogen and oxygen atoms in total. The van der Waals surface area contributed by atoms with Crippen LogP contribution in [0.3, 0.4) is 0 Å². The average Bonchev–Trinajstić information content (AvgIpc) is 2.78. The van der Waals surface area contributed by atoms with Gasteiger partial charge in [0.1, 0.15) is 0 Å². The normalized spacial score (nSPS) is 11.8. The van der Waals surface area contributed by atoms with E-state index in [1.54, 1.807) is 0 Å². The summed E-state index contributed by atoms with van der Waals surface area (Å²) in [4.78, 5) is 0.161. The number of benzene rings is 1. The van der Waals surface area contributed by atoms with E-state index in [0.29, 0.717) is 78.4 Å². The van der Waals surface area contributed by atoms with E-state index < -0.39 is 10.0 Å². The van der Waals surface area contributed by atoms with E-state index in [1.165, 1.54) is 24.3 Å². The number of rotatable bonds is 22. The van der Waals surface area contributed by atoms with Gasteiger partial charge in [-0.25, -0.2) is 13.1 Å². The van der Waals surface area contributed by atoms with E-state index in [1.807, 2.05) is 0 Å². The maximum atomic E-state index is 12.1. The van der Waals surface area contributed by atoms with Crippen LogP contribution in [0.2, 0.25) is 0 Å². The lowest BCUT2D eigenvalue weighted by Crippen LogP contribution is -2.27. The van der Waals surface area contributed by atoms with Gasteiger partial charge in [-0.05, 0) is 24.3 Å². The molecule has 12 heteroatoms. The van der Waals surface area contributed by atoms with Crippen molar-refractivity contribution in [1.82, 2.24) is 4.72 Å². The van der Waals surface area contributed by atoms with Gasteiger partial charge in [0.2, 0.25) is 10.0 Å². The van der Waals surface area contributed by atoms with Crippen LogP contribution in [0.1, 0.15) is 0 Å². The Hall–Kier alpha value is -1.35. The van der Waals surface area contributed by atoms with Gasteiger partial charge in [0.05, 0.1) is 90.8 Å². The van der Waals surface area contributed by atoms with Gasteiger partial charge < -0.3 is 39.3 Å². The molecule has 0 heterocycles. The highest BCUT2D eigenvalue weighted by atomic mass is 32.2. The van der Waals surface area contributed by atoms with E-state index in [2.05, 4.69) is 4.72 Å². The maximum Gasteiger partial charge on any atom is 0.240 e. The molecule has 0 amide bonds. The summed E-state index contributed by atoms with van der Waals surface area (Å²) < 4.78 is 58.4. The number of anilines is 1. The molecule has 0 radical (unpaired) electrons. The smallest absolute Gasteiger partial charge is 0.240 e. The number of nitrogen functional groups attached to an aromatic ring is 1. The SMILES string of the molecule is Nc1ccc(S(=O)(=O)NCCOCCOCCOCCOCCOCCOCCO)cc1. The van der Waals surface area contributed by atoms with Crippen LogP contribution in [0, 0.1) is 0 Å². The molecule has 0 unspecified atom stereocenters. The van der Waals surface area contributed by atoms with E-state index in [-0.39, 0.29) is 24.7 Å². The fourth-order valence-electron chi connectivity index (χ4n) is 2.24. The predicted octanol–water partition coefficient (Wildman–Crippen LogP) is -0.361. The molecule has 0 spiro atoms. The second-order valence-corrected chi connectivity index (χ2v) is 8.13. The van der Waals surface area contributed by atoms with Crippen LogP contribution in [0.5, 0.6) is 0 Å². The molecule has 32 heavy (non-hydrogen) atoms. The Labute approximate surface area is 190 Å². The summed E-state index contributed by atoms with van der Waals surface area (Å²) in [6, 6.07) is 5.98. The van der Waals surface area contributed by atoms with Gasteiger partial charge >= 0.3 is 0 Å². The highest BCUT2D eigenvalue weighted by molar-refractivity contribution is 7.89. The third-order valence-electron chi connectivity index (χ3n) is 3.82. The molecule has 0 atom stereocenters. The van der Waals surface area contributed by atoms with Gasteiger partial charge in [-0.1, -0.05) is 0 Å². The zero-order valence-corrected chi connectivity index (χ0v) is 19.2. The van der Waals surface area contributed by atoms with Crippen molar-refractivity contribution in [2.45, 2.75) is 4.90 Å². The lowest BCUT2D eigenvalue weighted by Gasteiger charge is -2.09. The fraction of sp³-hybridized carbons (Fsp3) is 0.700. The second kappa shape index (κ2) is 19.1. The third kappa shape index (κ3) is 15.5. The molecule has 1 rings (SSSR count). The summed E-state index contributed by atoms with van der Waals surface area (Å²) >= 11 is 0. The van der Waals surface area contributed by atoms with Crippen molar-refractivity contribution in [2.24, 2.45) is 0 Å². The van der Waals surface area contributed by atoms with Crippen LogP contribution in [-0.2, 0) is 38.4 Å². The lowest BCUT2D eigenvalue weighted by molar-refractivity contribution is -0.0179. The van der Waals surface area contributed by atoms with Gasteiger partial charge in [0.15, 0.2) is 0 Å². The number of nitrogens with one attached hydrogen (secondary N) is 1. The molecule has 4 N–H and O–H groups in total. The number of sulfonamides is 1. The molecular formula is C20H36N2O9S. The molecule has 186 valence electrons. The quantitative estimate of drug-likeness (QED) is 0.148. The van der Waals surface area contributed by atoms with Crippen molar-refractivity contribution >= 4 is 15.7 Å². The summed E-state index contributed by atoms with van der Waals surface area (Å²) in [5, 5.41) is 8.54. The molecule has 0 aliphatic carbocycles. The largest absolute Gasteiger partial charge is 0.399 e. The summed E-state index contributed by atoms with van der Waals surface area (Å²) in [7, 11) is -3.56. The molecule has 1 aromatic rings. The van der Waals surface area contributed by atoms with Crippen LogP contribution in [0.15, 0.2) is 29.2 Å². The average molecular weight is 481 g/mol. The second-order valence-electron chi connectivity index (χ2n) is 6.36. The molecule has 0 saturated heterocycles. The highest BCUT2D eigenvalue weighted by Gasteiger charge is 2.12. The van der Waals surface area contributed by atoms with Crippen molar-refractivity contribution in [3.8, 4) is 0 Å². The fourth-order valence-corrected chi connectivity index (χ4v) is 3.26. The summed E-state index contributed by atoms with van der Waals surface area (Å²) in [6.07, 6.45) is 0. The Morgan fingerprint density at radius 1 is 0.656 bits per heavy atom. The molecule has 0 saturated carbocycles. The predicted molar refractivity (Wildman–Crippen MR) is 118 cm³/mol. The number of nitrogens with two attached hydrogens (primary N) is 1. The standard InChI is InChI=1S/C20H36N2O9S/c21-19-1-3-20(4-2-19)32(24,25)22-5-7-26-9-11-28-13-15-30-17-18-31-16-14-29-12-10-27-8-6-23/h1-4,22-23H,5-18,21H2. The number of aliphatic hydroxyl groups is 1. The zero-order valence-electron chi connectivity index (χ0n) is 18.4. The van der Waals surface area contributed by atoms with E-state index >= 15 is 0 Å². The zero-order chi connectivity index (χ0) is 23.3. The molecule has 0 aromatic heterocycles. The van der Waals surface area contributed by atoms with Crippen LogP contribution in [0.4, 0.5) is 5.69 Å². The molecular weight excluding hydrogens is 444 g/mol. The topological polar surface area (TPSA) is 148 Å². The van der Waals surface area contributed by atoms with Gasteiger partial charge in [0.25, 0.3) is 0 Å². The Morgan fingerprint density at radius 3 is 1.44 bits per heavy atom. The lowest BCUT2D eigenvalue weighted by atomic mass is 10.3. The first-order valence-corrected chi connectivity index (χ1v) is 12.0. The Balaban J connectivity index is 1.80. The van der Waals surface area contributed by atoms with Gasteiger partial charge in [-0.2, -0.15) is 0 Å². The van der Waals surface area contributed by atoms with Crippen molar-refractivity contribution in [1.29, 1.82) is 0 Å². The monoisotopic (exact) mass is 480 g/mol. The van der Waals surface area contributed by atoms with Gasteiger partial charge in [-0.15, -0.1) is 0 Å². The van der Waals surface area contributed by atoms with Gasteiger partial charge in [-0.3, -0.25) is 0 Å². The first-order valence-electron chi connectivity index (χ1n) is 10.5. The Kier molecular flexibility index (Phi) is 17.2. The first-order chi connectivity index (χ1) is 15.6.